The molecule has 0 fully saturated rings. The summed E-state index contributed by atoms with van der Waals surface area (Å²) in [4.78, 5) is 0. The van der Waals surface area contributed by atoms with E-state index in [0.29, 0.717) is 0 Å². The Balaban J connectivity index is 2.64. The van der Waals surface area contributed by atoms with E-state index in [1.54, 1.807) is 6.07 Å². The average molecular weight is 209 g/mol. The molecule has 1 aromatic carbocycles. The third kappa shape index (κ3) is 3.56. The largest absolute Gasteiger partial charge is 0.463 e. The van der Waals surface area contributed by atoms with Gasteiger partial charge in [0.15, 0.2) is 0 Å². The minimum Gasteiger partial charge on any atom is -0.277 e. The first-order chi connectivity index (χ1) is 5.99. The number of nitrogens with zero attached hydrogens (tertiary/aromatic N) is 1. The molecule has 0 aromatic heterocycles. The summed E-state index contributed by atoms with van der Waals surface area (Å²) in [7, 11) is 0. The first-order valence-electron chi connectivity index (χ1n) is 3.29. The summed E-state index contributed by atoms with van der Waals surface area (Å²) in [5, 5.41) is 8.93. The monoisotopic (exact) mass is 209 g/mol. The molecule has 1 N–H and O–H groups in total. The Morgan fingerprint density at radius 3 is 2.15 bits per heavy atom. The fourth-order valence-corrected chi connectivity index (χ4v) is 1.13. The molecule has 0 saturated carbocycles. The molecular weight excluding hydrogens is 203 g/mol. The van der Waals surface area contributed by atoms with Gasteiger partial charge in [-0.3, -0.25) is 5.21 Å². The quantitative estimate of drug-likeness (QED) is 0.598. The number of hydrogen-bond donors (Lipinski definition) is 1. The zero-order valence-electron chi connectivity index (χ0n) is 6.32. The first-order valence-corrected chi connectivity index (χ1v) is 4.06. The smallest absolute Gasteiger partial charge is 0.277 e. The Kier molecular flexibility index (Phi) is 3.05. The normalized spacial score (nSPS) is 11.4. The van der Waals surface area contributed by atoms with E-state index in [0.717, 1.165) is 0 Å². The lowest BCUT2D eigenvalue weighted by molar-refractivity contribution is -0.0343. The molecule has 0 spiro atoms. The van der Waals surface area contributed by atoms with Gasteiger partial charge in [0, 0.05) is 0 Å². The van der Waals surface area contributed by atoms with Gasteiger partial charge in [0.05, 0.1) is 17.6 Å². The van der Waals surface area contributed by atoms with Gasteiger partial charge in [0.25, 0.3) is 0 Å². The molecule has 2 nitrogen and oxygen atoms in total. The van der Waals surface area contributed by atoms with Gasteiger partial charge >= 0.3 is 5.51 Å². The minimum atomic E-state index is -4.48. The number of para-hydroxylation sites is 1. The van der Waals surface area contributed by atoms with E-state index < -0.39 is 17.5 Å². The molecule has 0 heterocycles. The van der Waals surface area contributed by atoms with Crippen molar-refractivity contribution in [1.82, 2.24) is 0 Å². The van der Waals surface area contributed by atoms with Crippen LogP contribution in [0.15, 0.2) is 30.3 Å². The van der Waals surface area contributed by atoms with Crippen LogP contribution in [0.25, 0.3) is 0 Å². The van der Waals surface area contributed by atoms with Crippen LogP contribution in [0.4, 0.5) is 18.9 Å². The van der Waals surface area contributed by atoms with E-state index in [-0.39, 0.29) is 10.2 Å². The van der Waals surface area contributed by atoms with Gasteiger partial charge in [-0.15, -0.1) is 0 Å². The van der Waals surface area contributed by atoms with Gasteiger partial charge in [-0.2, -0.15) is 17.6 Å². The van der Waals surface area contributed by atoms with Gasteiger partial charge < -0.3 is 0 Å². The van der Waals surface area contributed by atoms with E-state index >= 15 is 0 Å². The van der Waals surface area contributed by atoms with Crippen molar-refractivity contribution in [3.05, 3.63) is 30.3 Å². The van der Waals surface area contributed by atoms with Gasteiger partial charge in [-0.25, -0.2) is 0 Å². The van der Waals surface area contributed by atoms with Crippen molar-refractivity contribution < 1.29 is 18.4 Å². The molecular formula is C7H6F3NOS. The molecule has 0 saturated heterocycles. The van der Waals surface area contributed by atoms with Gasteiger partial charge in [0.1, 0.15) is 0 Å². The highest BCUT2D eigenvalue weighted by molar-refractivity contribution is 8.01. The van der Waals surface area contributed by atoms with Crippen molar-refractivity contribution >= 4 is 17.6 Å². The lowest BCUT2D eigenvalue weighted by Crippen LogP contribution is -2.15. The van der Waals surface area contributed by atoms with E-state index in [1.807, 2.05) is 0 Å². The predicted molar refractivity (Wildman–Crippen MR) is 44.4 cm³/mol. The number of benzene rings is 1. The lowest BCUT2D eigenvalue weighted by atomic mass is 10.3. The summed E-state index contributed by atoms with van der Waals surface area (Å²) in [6, 6.07) is 7.47. The van der Waals surface area contributed by atoms with Crippen LogP contribution in [0.1, 0.15) is 0 Å². The van der Waals surface area contributed by atoms with Crippen molar-refractivity contribution in [2.24, 2.45) is 0 Å². The molecule has 72 valence electrons. The molecule has 6 heteroatoms. The predicted octanol–water partition coefficient (Wildman–Crippen LogP) is 3.05. The van der Waals surface area contributed by atoms with E-state index in [2.05, 4.69) is 0 Å². The van der Waals surface area contributed by atoms with Crippen LogP contribution in [0.3, 0.4) is 0 Å². The second-order valence-electron chi connectivity index (χ2n) is 2.15. The van der Waals surface area contributed by atoms with Crippen molar-refractivity contribution in [1.29, 1.82) is 0 Å². The second kappa shape index (κ2) is 3.89. The zero-order valence-corrected chi connectivity index (χ0v) is 7.14. The zero-order chi connectivity index (χ0) is 9.90. The molecule has 0 aliphatic carbocycles. The van der Waals surface area contributed by atoms with Crippen LogP contribution < -0.4 is 4.47 Å². The molecule has 13 heavy (non-hydrogen) atoms. The number of halogens is 3. The molecule has 0 atom stereocenters. The molecule has 0 bridgehead atoms. The van der Waals surface area contributed by atoms with Crippen LogP contribution in [-0.2, 0) is 0 Å². The van der Waals surface area contributed by atoms with Crippen LogP contribution >= 0.6 is 11.9 Å². The number of rotatable bonds is 2. The van der Waals surface area contributed by atoms with Crippen molar-refractivity contribution in [2.75, 3.05) is 4.47 Å². The molecule has 0 radical (unpaired) electrons. The SMILES string of the molecule is ON(SC(F)(F)F)c1ccccc1. The fraction of sp³-hybridized carbons (Fsp3) is 0.143. The minimum absolute atomic E-state index is 0.0833. The van der Waals surface area contributed by atoms with E-state index in [9.17, 15) is 13.2 Å². The molecule has 0 unspecified atom stereocenters. The maximum Gasteiger partial charge on any atom is 0.463 e. The number of anilines is 1. The van der Waals surface area contributed by atoms with Crippen molar-refractivity contribution in [3.63, 3.8) is 0 Å². The van der Waals surface area contributed by atoms with Gasteiger partial charge in [-0.05, 0) is 12.1 Å². The third-order valence-corrected chi connectivity index (χ3v) is 1.76. The van der Waals surface area contributed by atoms with Crippen LogP contribution in [0, 0.1) is 0 Å². The summed E-state index contributed by atoms with van der Waals surface area (Å²) in [6.45, 7) is 0. The van der Waals surface area contributed by atoms with Crippen molar-refractivity contribution in [3.8, 4) is 0 Å². The second-order valence-corrected chi connectivity index (χ2v) is 3.14. The number of hydrogen-bond acceptors (Lipinski definition) is 3. The maximum atomic E-state index is 11.8. The van der Waals surface area contributed by atoms with Crippen LogP contribution in [0.2, 0.25) is 0 Å². The molecule has 0 aliphatic heterocycles. The summed E-state index contributed by atoms with van der Waals surface area (Å²) in [5.74, 6) is 0. The molecule has 0 aliphatic rings. The Hall–Kier alpha value is -0.880. The Morgan fingerprint density at radius 2 is 1.69 bits per heavy atom. The van der Waals surface area contributed by atoms with Gasteiger partial charge in [-0.1, -0.05) is 18.2 Å². The third-order valence-electron chi connectivity index (χ3n) is 1.17. The number of alkyl halides is 3. The lowest BCUT2D eigenvalue weighted by Gasteiger charge is -2.16. The van der Waals surface area contributed by atoms with E-state index in [1.165, 1.54) is 24.3 Å². The Morgan fingerprint density at radius 1 is 1.15 bits per heavy atom. The van der Waals surface area contributed by atoms with Crippen LogP contribution in [0.5, 0.6) is 0 Å². The molecule has 1 rings (SSSR count). The molecule has 0 amide bonds. The highest BCUT2D eigenvalue weighted by Gasteiger charge is 2.32. The summed E-state index contributed by atoms with van der Waals surface area (Å²) in [6.07, 6.45) is 0. The highest BCUT2D eigenvalue weighted by Crippen LogP contribution is 2.34. The molecule has 1 aromatic rings. The summed E-state index contributed by atoms with van der Waals surface area (Å²) < 4.78 is 35.3. The topological polar surface area (TPSA) is 23.5 Å². The van der Waals surface area contributed by atoms with Crippen molar-refractivity contribution in [2.45, 2.75) is 5.51 Å². The highest BCUT2D eigenvalue weighted by atomic mass is 32.2. The standard InChI is InChI=1S/C7H6F3NOS/c8-7(9,10)13-11(12)6-4-2-1-3-5-6/h1-5,12H. The Bertz CT molecular complexity index is 264. The first kappa shape index (κ1) is 10.2. The van der Waals surface area contributed by atoms with E-state index in [4.69, 9.17) is 5.21 Å². The summed E-state index contributed by atoms with van der Waals surface area (Å²) in [5.41, 5.74) is -4.39. The Labute approximate surface area is 77.1 Å². The van der Waals surface area contributed by atoms with Crippen LogP contribution in [-0.4, -0.2) is 10.7 Å². The fourth-order valence-electron chi connectivity index (χ4n) is 0.706. The maximum absolute atomic E-state index is 11.8. The van der Waals surface area contributed by atoms with Gasteiger partial charge in [0.2, 0.25) is 0 Å². The summed E-state index contributed by atoms with van der Waals surface area (Å²) >= 11 is -0.601. The average Bonchev–Trinajstić information content (AvgIpc) is 2.03.